The first-order chi connectivity index (χ1) is 9.74. The van der Waals surface area contributed by atoms with Crippen LogP contribution in [0, 0.1) is 13.8 Å². The fourth-order valence-electron chi connectivity index (χ4n) is 2.84. The van der Waals surface area contributed by atoms with Crippen LogP contribution in [0.1, 0.15) is 56.5 Å². The zero-order valence-corrected chi connectivity index (χ0v) is 13.8. The van der Waals surface area contributed by atoms with E-state index in [1.54, 1.807) is 0 Å². The van der Waals surface area contributed by atoms with Crippen LogP contribution in [-0.4, -0.2) is 34.7 Å². The number of ether oxygens (including phenoxy) is 1. The Morgan fingerprint density at radius 1 is 1.29 bits per heavy atom. The molecule has 1 aliphatic rings. The highest BCUT2D eigenvalue weighted by atomic mass is 16.6. The van der Waals surface area contributed by atoms with Gasteiger partial charge in [0.05, 0.1) is 0 Å². The molecule has 0 spiro atoms. The highest BCUT2D eigenvalue weighted by Gasteiger charge is 2.28. The minimum atomic E-state index is -0.437. The predicted molar refractivity (Wildman–Crippen MR) is 83.5 cm³/mol. The first-order valence-corrected chi connectivity index (χ1v) is 7.68. The van der Waals surface area contributed by atoms with E-state index in [0.717, 1.165) is 37.3 Å². The summed E-state index contributed by atoms with van der Waals surface area (Å²) < 4.78 is 5.48. The summed E-state index contributed by atoms with van der Waals surface area (Å²) in [6, 6.07) is 4.27. The van der Waals surface area contributed by atoms with Gasteiger partial charge in [-0.2, -0.15) is 0 Å². The maximum Gasteiger partial charge on any atom is 0.410 e. The number of carbonyl (C=O) groups excluding carboxylic acids is 1. The zero-order chi connectivity index (χ0) is 15.6. The van der Waals surface area contributed by atoms with Crippen molar-refractivity contribution in [2.45, 2.75) is 59.0 Å². The van der Waals surface area contributed by atoms with Crippen molar-refractivity contribution in [1.29, 1.82) is 0 Å². The van der Waals surface area contributed by atoms with Gasteiger partial charge >= 0.3 is 6.09 Å². The van der Waals surface area contributed by atoms with Gasteiger partial charge in [-0.25, -0.2) is 4.79 Å². The Labute approximate surface area is 127 Å². The van der Waals surface area contributed by atoms with E-state index in [1.165, 1.54) is 5.56 Å². The quantitative estimate of drug-likeness (QED) is 0.789. The molecule has 0 bridgehead atoms. The number of aromatic nitrogens is 1. The highest BCUT2D eigenvalue weighted by molar-refractivity contribution is 5.68. The van der Waals surface area contributed by atoms with E-state index >= 15 is 0 Å². The summed E-state index contributed by atoms with van der Waals surface area (Å²) in [6.07, 6.45) is 1.93. The third kappa shape index (κ3) is 4.45. The molecule has 1 aromatic heterocycles. The molecule has 4 heteroatoms. The lowest BCUT2D eigenvalue weighted by molar-refractivity contribution is 0.0198. The van der Waals surface area contributed by atoms with Crippen LogP contribution in [0.15, 0.2) is 12.1 Å². The van der Waals surface area contributed by atoms with Crippen LogP contribution in [0.25, 0.3) is 0 Å². The molecule has 1 amide bonds. The van der Waals surface area contributed by atoms with Crippen molar-refractivity contribution in [3.05, 3.63) is 29.1 Å². The summed E-state index contributed by atoms with van der Waals surface area (Å²) in [6.45, 7) is 11.3. The van der Waals surface area contributed by atoms with Crippen LogP contribution >= 0.6 is 0 Å². The van der Waals surface area contributed by atoms with E-state index in [0.29, 0.717) is 5.92 Å². The first kappa shape index (κ1) is 15.8. The molecule has 2 heterocycles. The van der Waals surface area contributed by atoms with E-state index in [4.69, 9.17) is 4.74 Å². The van der Waals surface area contributed by atoms with Gasteiger partial charge in [0.25, 0.3) is 0 Å². The number of nitrogens with zero attached hydrogens (tertiary/aromatic N) is 2. The lowest BCUT2D eigenvalue weighted by atomic mass is 9.90. The molecule has 0 saturated carbocycles. The molecule has 0 radical (unpaired) electrons. The second kappa shape index (κ2) is 6.04. The van der Waals surface area contributed by atoms with Gasteiger partial charge in [0.1, 0.15) is 5.60 Å². The molecule has 0 N–H and O–H groups in total. The molecule has 1 atom stereocenters. The fraction of sp³-hybridized carbons (Fsp3) is 0.647. The SMILES string of the molecule is Cc1cc(C2CCCN(C(=O)OC(C)(C)C)C2)cc(C)n1. The van der Waals surface area contributed by atoms with Crippen molar-refractivity contribution in [3.63, 3.8) is 0 Å². The molecule has 1 unspecified atom stereocenters. The van der Waals surface area contributed by atoms with Crippen molar-refractivity contribution in [2.24, 2.45) is 0 Å². The van der Waals surface area contributed by atoms with E-state index < -0.39 is 5.60 Å². The third-order valence-electron chi connectivity index (χ3n) is 3.65. The molecule has 0 aromatic carbocycles. The Hall–Kier alpha value is -1.58. The van der Waals surface area contributed by atoms with Gasteiger partial charge < -0.3 is 9.64 Å². The normalized spacial score (nSPS) is 19.5. The van der Waals surface area contributed by atoms with Crippen LogP contribution < -0.4 is 0 Å². The zero-order valence-electron chi connectivity index (χ0n) is 13.8. The average Bonchev–Trinajstić information content (AvgIpc) is 2.36. The summed E-state index contributed by atoms with van der Waals surface area (Å²) in [5.74, 6) is 0.381. The number of hydrogen-bond donors (Lipinski definition) is 0. The molecule has 4 nitrogen and oxygen atoms in total. The molecular formula is C17H26N2O2. The standard InChI is InChI=1S/C17H26N2O2/c1-12-9-15(10-13(2)18-12)14-7-6-8-19(11-14)16(20)21-17(3,4)5/h9-10,14H,6-8,11H2,1-5H3. The Bertz CT molecular complexity index is 500. The Morgan fingerprint density at radius 3 is 2.48 bits per heavy atom. The molecular weight excluding hydrogens is 264 g/mol. The van der Waals surface area contributed by atoms with Gasteiger partial charge in [0, 0.05) is 30.4 Å². The highest BCUT2D eigenvalue weighted by Crippen LogP contribution is 2.28. The summed E-state index contributed by atoms with van der Waals surface area (Å²) >= 11 is 0. The number of piperidine rings is 1. The fourth-order valence-corrected chi connectivity index (χ4v) is 2.84. The van der Waals surface area contributed by atoms with E-state index in [1.807, 2.05) is 39.5 Å². The van der Waals surface area contributed by atoms with E-state index in [-0.39, 0.29) is 6.09 Å². The smallest absolute Gasteiger partial charge is 0.410 e. The van der Waals surface area contributed by atoms with Gasteiger partial charge in [-0.3, -0.25) is 4.98 Å². The monoisotopic (exact) mass is 290 g/mol. The number of likely N-dealkylation sites (tertiary alicyclic amines) is 1. The maximum atomic E-state index is 12.2. The lowest BCUT2D eigenvalue weighted by Crippen LogP contribution is -2.42. The summed E-state index contributed by atoms with van der Waals surface area (Å²) in [5.41, 5.74) is 2.93. The predicted octanol–water partition coefficient (Wildman–Crippen LogP) is 3.81. The Balaban J connectivity index is 2.08. The van der Waals surface area contributed by atoms with Crippen LogP contribution in [0.2, 0.25) is 0 Å². The van der Waals surface area contributed by atoms with Crippen molar-refractivity contribution >= 4 is 6.09 Å². The van der Waals surface area contributed by atoms with Crippen molar-refractivity contribution in [2.75, 3.05) is 13.1 Å². The second-order valence-corrected chi connectivity index (χ2v) is 6.95. The molecule has 116 valence electrons. The third-order valence-corrected chi connectivity index (χ3v) is 3.65. The minimum Gasteiger partial charge on any atom is -0.444 e. The molecule has 1 saturated heterocycles. The largest absolute Gasteiger partial charge is 0.444 e. The van der Waals surface area contributed by atoms with Crippen LogP contribution in [-0.2, 0) is 4.74 Å². The minimum absolute atomic E-state index is 0.199. The number of pyridine rings is 1. The number of hydrogen-bond acceptors (Lipinski definition) is 3. The molecule has 1 aromatic rings. The molecule has 21 heavy (non-hydrogen) atoms. The van der Waals surface area contributed by atoms with Gasteiger partial charge in [-0.15, -0.1) is 0 Å². The average molecular weight is 290 g/mol. The topological polar surface area (TPSA) is 42.4 Å². The molecule has 2 rings (SSSR count). The summed E-state index contributed by atoms with van der Waals surface area (Å²) in [5, 5.41) is 0. The van der Waals surface area contributed by atoms with Gasteiger partial charge in [-0.1, -0.05) is 0 Å². The Morgan fingerprint density at radius 2 is 1.90 bits per heavy atom. The lowest BCUT2D eigenvalue weighted by Gasteiger charge is -2.34. The van der Waals surface area contributed by atoms with Gasteiger partial charge in [-0.05, 0) is 65.2 Å². The molecule has 0 aliphatic carbocycles. The number of rotatable bonds is 1. The van der Waals surface area contributed by atoms with E-state index in [2.05, 4.69) is 17.1 Å². The Kier molecular flexibility index (Phi) is 4.55. The molecule has 1 aliphatic heterocycles. The van der Waals surface area contributed by atoms with Crippen molar-refractivity contribution in [1.82, 2.24) is 9.88 Å². The summed E-state index contributed by atoms with van der Waals surface area (Å²) in [7, 11) is 0. The maximum absolute atomic E-state index is 12.2. The van der Waals surface area contributed by atoms with Gasteiger partial charge in [0.15, 0.2) is 0 Å². The van der Waals surface area contributed by atoms with Crippen LogP contribution in [0.3, 0.4) is 0 Å². The van der Waals surface area contributed by atoms with Crippen LogP contribution in [0.5, 0.6) is 0 Å². The first-order valence-electron chi connectivity index (χ1n) is 7.68. The number of amides is 1. The van der Waals surface area contributed by atoms with Crippen LogP contribution in [0.4, 0.5) is 4.79 Å². The second-order valence-electron chi connectivity index (χ2n) is 6.95. The molecule has 1 fully saturated rings. The van der Waals surface area contributed by atoms with Crippen molar-refractivity contribution in [3.8, 4) is 0 Å². The van der Waals surface area contributed by atoms with Crippen molar-refractivity contribution < 1.29 is 9.53 Å². The van der Waals surface area contributed by atoms with E-state index in [9.17, 15) is 4.79 Å². The number of aryl methyl sites for hydroxylation is 2. The number of carbonyl (C=O) groups is 1. The van der Waals surface area contributed by atoms with Gasteiger partial charge in [0.2, 0.25) is 0 Å². The summed E-state index contributed by atoms with van der Waals surface area (Å²) in [4.78, 5) is 18.5.